The molecule has 1 fully saturated rings. The molecule has 3 N–H and O–H groups in total. The lowest BCUT2D eigenvalue weighted by Crippen LogP contribution is -2.52. The average Bonchev–Trinajstić information content (AvgIpc) is 2.56. The summed E-state index contributed by atoms with van der Waals surface area (Å²) in [6.45, 7) is 4.99. The summed E-state index contributed by atoms with van der Waals surface area (Å²) in [6, 6.07) is 0. The quantitative estimate of drug-likeness (QED) is 0.698. The van der Waals surface area contributed by atoms with Gasteiger partial charge in [-0.25, -0.2) is 0 Å². The predicted molar refractivity (Wildman–Crippen MR) is 74.0 cm³/mol. The minimum atomic E-state index is -0.518. The lowest BCUT2D eigenvalue weighted by atomic mass is 9.63. The molecular weight excluding hydrogens is 210 g/mol. The van der Waals surface area contributed by atoms with Gasteiger partial charge in [-0.15, -0.1) is 0 Å². The maximum atomic E-state index is 11.1. The van der Waals surface area contributed by atoms with Crippen molar-refractivity contribution < 1.29 is 5.11 Å². The average molecular weight is 241 g/mol. The molecule has 0 bridgehead atoms. The Morgan fingerprint density at radius 1 is 1.00 bits per heavy atom. The van der Waals surface area contributed by atoms with Gasteiger partial charge in [-0.05, 0) is 25.7 Å². The summed E-state index contributed by atoms with van der Waals surface area (Å²) in [5.74, 6) is 0. The van der Waals surface area contributed by atoms with Gasteiger partial charge in [0.25, 0.3) is 0 Å². The maximum absolute atomic E-state index is 11.1. The van der Waals surface area contributed by atoms with Crippen LogP contribution in [0.1, 0.15) is 78.1 Å². The molecule has 0 aromatic heterocycles. The summed E-state index contributed by atoms with van der Waals surface area (Å²) < 4.78 is 0. The molecule has 0 spiro atoms. The van der Waals surface area contributed by atoms with E-state index in [9.17, 15) is 5.11 Å². The Bertz CT molecular complexity index is 201. The van der Waals surface area contributed by atoms with E-state index in [1.165, 1.54) is 25.7 Å². The molecule has 1 aliphatic carbocycles. The van der Waals surface area contributed by atoms with E-state index in [-0.39, 0.29) is 5.41 Å². The largest absolute Gasteiger partial charge is 0.389 e. The van der Waals surface area contributed by atoms with Gasteiger partial charge >= 0.3 is 0 Å². The normalized spacial score (nSPS) is 21.2. The first-order valence-electron chi connectivity index (χ1n) is 7.56. The lowest BCUT2D eigenvalue weighted by molar-refractivity contribution is -0.102. The van der Waals surface area contributed by atoms with Crippen LogP contribution in [0.5, 0.6) is 0 Å². The molecule has 1 rings (SSSR count). The van der Waals surface area contributed by atoms with Crippen molar-refractivity contribution in [1.29, 1.82) is 0 Å². The highest BCUT2D eigenvalue weighted by Crippen LogP contribution is 2.47. The van der Waals surface area contributed by atoms with Crippen LogP contribution in [0.2, 0.25) is 0 Å². The van der Waals surface area contributed by atoms with Gasteiger partial charge < -0.3 is 10.8 Å². The predicted octanol–water partition coefficient (Wildman–Crippen LogP) is 3.62. The first-order chi connectivity index (χ1) is 8.14. The number of hydrogen-bond acceptors (Lipinski definition) is 2. The van der Waals surface area contributed by atoms with Crippen LogP contribution in [0.3, 0.4) is 0 Å². The summed E-state index contributed by atoms with van der Waals surface area (Å²) in [4.78, 5) is 0. The van der Waals surface area contributed by atoms with Gasteiger partial charge in [0.2, 0.25) is 0 Å². The van der Waals surface area contributed by atoms with Gasteiger partial charge in [0.05, 0.1) is 5.60 Å². The first-order valence-corrected chi connectivity index (χ1v) is 7.56. The molecule has 102 valence electrons. The maximum Gasteiger partial charge on any atom is 0.0715 e. The number of hydrogen-bond donors (Lipinski definition) is 2. The first kappa shape index (κ1) is 15.0. The zero-order valence-electron chi connectivity index (χ0n) is 11.8. The third-order valence-electron chi connectivity index (χ3n) is 4.77. The van der Waals surface area contributed by atoms with Crippen molar-refractivity contribution in [3.63, 3.8) is 0 Å². The van der Waals surface area contributed by atoms with E-state index in [2.05, 4.69) is 13.8 Å². The highest BCUT2D eigenvalue weighted by Gasteiger charge is 2.47. The summed E-state index contributed by atoms with van der Waals surface area (Å²) >= 11 is 0. The van der Waals surface area contributed by atoms with Crippen LogP contribution >= 0.6 is 0 Å². The molecule has 1 saturated carbocycles. The van der Waals surface area contributed by atoms with Gasteiger partial charge in [0.1, 0.15) is 0 Å². The van der Waals surface area contributed by atoms with E-state index in [0.29, 0.717) is 6.54 Å². The van der Waals surface area contributed by atoms with Crippen LogP contribution in [-0.4, -0.2) is 17.3 Å². The standard InChI is InChI=1S/C15H31NO/c1-3-9-15(17,10-4-2)14(13-16)11-7-5-6-8-12-14/h17H,3-13,16H2,1-2H3. The van der Waals surface area contributed by atoms with Gasteiger partial charge in [-0.1, -0.05) is 52.4 Å². The van der Waals surface area contributed by atoms with Crippen molar-refractivity contribution in [3.8, 4) is 0 Å². The topological polar surface area (TPSA) is 46.2 Å². The zero-order valence-corrected chi connectivity index (χ0v) is 11.8. The van der Waals surface area contributed by atoms with E-state index in [4.69, 9.17) is 5.73 Å². The molecule has 0 saturated heterocycles. The molecule has 2 nitrogen and oxygen atoms in total. The molecule has 2 heteroatoms. The number of rotatable bonds is 6. The van der Waals surface area contributed by atoms with Gasteiger partial charge in [0.15, 0.2) is 0 Å². The van der Waals surface area contributed by atoms with Crippen LogP contribution in [0.15, 0.2) is 0 Å². The van der Waals surface area contributed by atoms with Crippen molar-refractivity contribution in [2.24, 2.45) is 11.1 Å². The second-order valence-corrected chi connectivity index (χ2v) is 5.93. The van der Waals surface area contributed by atoms with Gasteiger partial charge in [-0.2, -0.15) is 0 Å². The molecule has 0 atom stereocenters. The monoisotopic (exact) mass is 241 g/mol. The fourth-order valence-electron chi connectivity index (χ4n) is 3.75. The SMILES string of the molecule is CCCC(O)(CCC)C1(CN)CCCCCC1. The minimum Gasteiger partial charge on any atom is -0.389 e. The van der Waals surface area contributed by atoms with Gasteiger partial charge in [-0.3, -0.25) is 0 Å². The Morgan fingerprint density at radius 2 is 1.47 bits per heavy atom. The third-order valence-corrected chi connectivity index (χ3v) is 4.77. The summed E-state index contributed by atoms with van der Waals surface area (Å²) in [5, 5.41) is 11.1. The van der Waals surface area contributed by atoms with Gasteiger partial charge in [0, 0.05) is 12.0 Å². The third kappa shape index (κ3) is 3.23. The van der Waals surface area contributed by atoms with Crippen LogP contribution in [0, 0.1) is 5.41 Å². The fourth-order valence-corrected chi connectivity index (χ4v) is 3.75. The highest BCUT2D eigenvalue weighted by atomic mass is 16.3. The minimum absolute atomic E-state index is 0.00444. The fraction of sp³-hybridized carbons (Fsp3) is 1.00. The molecule has 0 amide bonds. The summed E-state index contributed by atoms with van der Waals surface area (Å²) in [5.41, 5.74) is 5.57. The lowest BCUT2D eigenvalue weighted by Gasteiger charge is -2.47. The Hall–Kier alpha value is -0.0800. The van der Waals surface area contributed by atoms with Crippen molar-refractivity contribution >= 4 is 0 Å². The van der Waals surface area contributed by atoms with E-state index >= 15 is 0 Å². The van der Waals surface area contributed by atoms with E-state index in [1.807, 2.05) is 0 Å². The molecule has 17 heavy (non-hydrogen) atoms. The summed E-state index contributed by atoms with van der Waals surface area (Å²) in [6.07, 6.45) is 11.3. The van der Waals surface area contributed by atoms with Crippen LogP contribution in [-0.2, 0) is 0 Å². The Kier molecular flexibility index (Phi) is 5.94. The van der Waals surface area contributed by atoms with E-state index < -0.39 is 5.60 Å². The van der Waals surface area contributed by atoms with Crippen LogP contribution in [0.4, 0.5) is 0 Å². The number of nitrogens with two attached hydrogens (primary N) is 1. The van der Waals surface area contributed by atoms with Crippen LogP contribution < -0.4 is 5.73 Å². The molecule has 1 aliphatic rings. The Balaban J connectivity index is 2.91. The molecule has 0 aromatic carbocycles. The van der Waals surface area contributed by atoms with Crippen molar-refractivity contribution in [2.75, 3.05) is 6.54 Å². The number of aliphatic hydroxyl groups is 1. The van der Waals surface area contributed by atoms with Crippen molar-refractivity contribution in [3.05, 3.63) is 0 Å². The smallest absolute Gasteiger partial charge is 0.0715 e. The van der Waals surface area contributed by atoms with E-state index in [1.54, 1.807) is 0 Å². The second kappa shape index (κ2) is 6.75. The van der Waals surface area contributed by atoms with E-state index in [0.717, 1.165) is 38.5 Å². The zero-order chi connectivity index (χ0) is 12.8. The van der Waals surface area contributed by atoms with Crippen LogP contribution in [0.25, 0.3) is 0 Å². The molecular formula is C15H31NO. The molecule has 0 radical (unpaired) electrons. The Labute approximate surface area is 107 Å². The highest BCUT2D eigenvalue weighted by molar-refractivity contribution is 5.00. The second-order valence-electron chi connectivity index (χ2n) is 5.93. The van der Waals surface area contributed by atoms with Crippen molar-refractivity contribution in [2.45, 2.75) is 83.7 Å². The molecule has 0 heterocycles. The molecule has 0 aliphatic heterocycles. The molecule has 0 aromatic rings. The molecule has 0 unspecified atom stereocenters. The van der Waals surface area contributed by atoms with Crippen molar-refractivity contribution in [1.82, 2.24) is 0 Å². The summed E-state index contributed by atoms with van der Waals surface area (Å²) in [7, 11) is 0. The Morgan fingerprint density at radius 3 is 1.82 bits per heavy atom.